The fourth-order valence-corrected chi connectivity index (χ4v) is 3.65. The van der Waals surface area contributed by atoms with E-state index in [4.69, 9.17) is 11.1 Å². The van der Waals surface area contributed by atoms with Gasteiger partial charge in [0.15, 0.2) is 5.96 Å². The van der Waals surface area contributed by atoms with Crippen molar-refractivity contribution in [2.24, 2.45) is 5.73 Å². The predicted octanol–water partition coefficient (Wildman–Crippen LogP) is 4.35. The summed E-state index contributed by atoms with van der Waals surface area (Å²) < 4.78 is 0. The zero-order valence-electron chi connectivity index (χ0n) is 14.1. The summed E-state index contributed by atoms with van der Waals surface area (Å²) in [5, 5.41) is 10.6. The first-order valence-corrected chi connectivity index (χ1v) is 8.60. The highest BCUT2D eigenvalue weighted by molar-refractivity contribution is 6.06. The van der Waals surface area contributed by atoms with E-state index in [-0.39, 0.29) is 5.96 Å². The minimum Gasteiger partial charge on any atom is -0.370 e. The van der Waals surface area contributed by atoms with Crippen molar-refractivity contribution < 1.29 is 0 Å². The molecule has 0 saturated carbocycles. The van der Waals surface area contributed by atoms with E-state index in [0.29, 0.717) is 6.54 Å². The number of rotatable bonds is 4. The third kappa shape index (κ3) is 2.89. The van der Waals surface area contributed by atoms with E-state index < -0.39 is 0 Å². The number of anilines is 1. The minimum absolute atomic E-state index is 0.0661. The molecule has 0 fully saturated rings. The summed E-state index contributed by atoms with van der Waals surface area (Å²) in [5.74, 6) is 0.0661. The van der Waals surface area contributed by atoms with Gasteiger partial charge in [-0.1, -0.05) is 66.7 Å². The van der Waals surface area contributed by atoms with Crippen molar-refractivity contribution in [1.82, 2.24) is 0 Å². The Morgan fingerprint density at radius 3 is 2.48 bits per heavy atom. The summed E-state index contributed by atoms with van der Waals surface area (Å²) in [4.78, 5) is 1.86. The topological polar surface area (TPSA) is 53.1 Å². The molecule has 0 aliphatic heterocycles. The smallest absolute Gasteiger partial charge is 0.193 e. The second-order valence-electron chi connectivity index (χ2n) is 6.39. The number of aryl methyl sites for hydroxylation is 2. The third-order valence-electron chi connectivity index (χ3n) is 4.83. The van der Waals surface area contributed by atoms with E-state index in [1.54, 1.807) is 0 Å². The number of hydrogen-bond donors (Lipinski definition) is 2. The van der Waals surface area contributed by atoms with Gasteiger partial charge < -0.3 is 10.6 Å². The molecule has 4 rings (SSSR count). The fraction of sp³-hybridized carbons (Fsp3) is 0.136. The van der Waals surface area contributed by atoms with E-state index >= 15 is 0 Å². The van der Waals surface area contributed by atoms with Crippen molar-refractivity contribution >= 4 is 28.5 Å². The van der Waals surface area contributed by atoms with Gasteiger partial charge in [0.05, 0.1) is 5.69 Å². The molecule has 0 saturated heterocycles. The van der Waals surface area contributed by atoms with Crippen LogP contribution in [0.25, 0.3) is 16.8 Å². The van der Waals surface area contributed by atoms with Gasteiger partial charge in [0, 0.05) is 11.9 Å². The van der Waals surface area contributed by atoms with Crippen LogP contribution in [0.1, 0.15) is 16.7 Å². The van der Waals surface area contributed by atoms with Crippen molar-refractivity contribution in [3.63, 3.8) is 0 Å². The highest BCUT2D eigenvalue weighted by Gasteiger charge is 2.19. The molecule has 0 bridgehead atoms. The van der Waals surface area contributed by atoms with E-state index in [0.717, 1.165) is 24.1 Å². The standard InChI is InChI=1S/C22H21N3/c23-22(24)25(15-5-8-16-6-2-1-3-7-16)20-14-13-18-12-11-17-9-4-10-19(20)21(17)18/h1-10,13-14H,11-12,15H2,(H3,23,24)/b8-5+. The van der Waals surface area contributed by atoms with Crippen molar-refractivity contribution in [2.45, 2.75) is 12.8 Å². The van der Waals surface area contributed by atoms with Crippen LogP contribution in [0.2, 0.25) is 0 Å². The molecule has 1 aliphatic rings. The molecule has 0 radical (unpaired) electrons. The monoisotopic (exact) mass is 327 g/mol. The zero-order chi connectivity index (χ0) is 17.2. The van der Waals surface area contributed by atoms with Gasteiger partial charge in [0.1, 0.15) is 0 Å². The normalized spacial score (nSPS) is 12.8. The molecule has 0 aromatic heterocycles. The van der Waals surface area contributed by atoms with Crippen molar-refractivity contribution in [2.75, 3.05) is 11.4 Å². The van der Waals surface area contributed by atoms with Gasteiger partial charge in [-0.3, -0.25) is 5.41 Å². The first-order valence-electron chi connectivity index (χ1n) is 8.60. The van der Waals surface area contributed by atoms with Gasteiger partial charge in [0.25, 0.3) is 0 Å². The predicted molar refractivity (Wildman–Crippen MR) is 106 cm³/mol. The summed E-state index contributed by atoms with van der Waals surface area (Å²) in [6.45, 7) is 0.572. The third-order valence-corrected chi connectivity index (χ3v) is 4.83. The number of hydrogen-bond acceptors (Lipinski definition) is 1. The lowest BCUT2D eigenvalue weighted by Crippen LogP contribution is -2.36. The van der Waals surface area contributed by atoms with E-state index in [1.807, 2.05) is 23.1 Å². The molecule has 3 heteroatoms. The van der Waals surface area contributed by atoms with Crippen LogP contribution < -0.4 is 10.6 Å². The maximum Gasteiger partial charge on any atom is 0.193 e. The highest BCUT2D eigenvalue weighted by Crippen LogP contribution is 2.36. The number of nitrogens with zero attached hydrogens (tertiary/aromatic N) is 1. The lowest BCUT2D eigenvalue weighted by atomic mass is 10.0. The maximum absolute atomic E-state index is 8.04. The first-order chi connectivity index (χ1) is 12.2. The summed E-state index contributed by atoms with van der Waals surface area (Å²) in [6.07, 6.45) is 6.32. The number of guanidine groups is 1. The molecule has 3 nitrogen and oxygen atoms in total. The summed E-state index contributed by atoms with van der Waals surface area (Å²) in [7, 11) is 0. The molecule has 3 aromatic carbocycles. The van der Waals surface area contributed by atoms with Gasteiger partial charge in [0.2, 0.25) is 0 Å². The van der Waals surface area contributed by atoms with Gasteiger partial charge in [-0.2, -0.15) is 0 Å². The summed E-state index contributed by atoms with van der Waals surface area (Å²) in [6, 6.07) is 20.9. The Balaban J connectivity index is 1.69. The Hall–Kier alpha value is -3.07. The number of nitrogens with one attached hydrogen (secondary N) is 1. The molecule has 0 unspecified atom stereocenters. The van der Waals surface area contributed by atoms with Crippen LogP contribution in [0.5, 0.6) is 0 Å². The molecular formula is C22H21N3. The summed E-state index contributed by atoms with van der Waals surface area (Å²) >= 11 is 0. The van der Waals surface area contributed by atoms with E-state index in [2.05, 4.69) is 54.6 Å². The van der Waals surface area contributed by atoms with Crippen LogP contribution in [-0.4, -0.2) is 12.5 Å². The Kier molecular flexibility index (Phi) is 3.98. The van der Waals surface area contributed by atoms with Gasteiger partial charge in [-0.15, -0.1) is 0 Å². The molecule has 0 atom stereocenters. The minimum atomic E-state index is 0.0661. The highest BCUT2D eigenvalue weighted by atomic mass is 15.2. The Labute approximate surface area is 147 Å². The molecular weight excluding hydrogens is 306 g/mol. The Bertz CT molecular complexity index is 947. The van der Waals surface area contributed by atoms with Crippen molar-refractivity contribution in [3.05, 3.63) is 83.4 Å². The largest absolute Gasteiger partial charge is 0.370 e. The number of benzene rings is 3. The molecule has 0 spiro atoms. The molecule has 25 heavy (non-hydrogen) atoms. The average molecular weight is 327 g/mol. The molecule has 124 valence electrons. The van der Waals surface area contributed by atoms with Crippen LogP contribution in [-0.2, 0) is 12.8 Å². The van der Waals surface area contributed by atoms with Crippen molar-refractivity contribution in [3.8, 4) is 0 Å². The molecule has 0 amide bonds. The Morgan fingerprint density at radius 2 is 1.72 bits per heavy atom. The van der Waals surface area contributed by atoms with Crippen LogP contribution in [0.4, 0.5) is 5.69 Å². The first kappa shape index (κ1) is 15.5. The van der Waals surface area contributed by atoms with E-state index in [1.165, 1.54) is 21.9 Å². The lowest BCUT2D eigenvalue weighted by Gasteiger charge is -2.23. The number of nitrogens with two attached hydrogens (primary N) is 1. The average Bonchev–Trinajstić information content (AvgIpc) is 3.05. The maximum atomic E-state index is 8.04. The molecule has 1 aliphatic carbocycles. The molecule has 3 aromatic rings. The van der Waals surface area contributed by atoms with Crippen molar-refractivity contribution in [1.29, 1.82) is 5.41 Å². The zero-order valence-corrected chi connectivity index (χ0v) is 14.1. The molecule has 3 N–H and O–H groups in total. The van der Waals surface area contributed by atoms with Crippen LogP contribution in [0.3, 0.4) is 0 Å². The molecule has 0 heterocycles. The fourth-order valence-electron chi connectivity index (χ4n) is 3.65. The second kappa shape index (κ2) is 6.44. The van der Waals surface area contributed by atoms with Crippen LogP contribution >= 0.6 is 0 Å². The second-order valence-corrected chi connectivity index (χ2v) is 6.39. The Morgan fingerprint density at radius 1 is 0.960 bits per heavy atom. The quantitative estimate of drug-likeness (QED) is 0.553. The van der Waals surface area contributed by atoms with Gasteiger partial charge in [-0.25, -0.2) is 0 Å². The van der Waals surface area contributed by atoms with E-state index in [9.17, 15) is 0 Å². The van der Waals surface area contributed by atoms with Gasteiger partial charge in [-0.05, 0) is 41.0 Å². The lowest BCUT2D eigenvalue weighted by molar-refractivity contribution is 1.02. The van der Waals surface area contributed by atoms with Crippen LogP contribution in [0.15, 0.2) is 66.7 Å². The SMILES string of the molecule is N=C(N)N(C/C=C/c1ccccc1)c1ccc2c3c(cccc13)CC2. The van der Waals surface area contributed by atoms with Gasteiger partial charge >= 0.3 is 0 Å². The van der Waals surface area contributed by atoms with Crippen LogP contribution in [0, 0.1) is 5.41 Å². The summed E-state index contributed by atoms with van der Waals surface area (Å²) in [5.41, 5.74) is 10.9.